The monoisotopic (exact) mass is 302 g/mol. The predicted octanol–water partition coefficient (Wildman–Crippen LogP) is 3.70. The van der Waals surface area contributed by atoms with Crippen LogP contribution in [0.15, 0.2) is 18.2 Å². The molecule has 4 heteroatoms. The average molecular weight is 303 g/mol. The van der Waals surface area contributed by atoms with E-state index in [4.69, 9.17) is 9.47 Å². The van der Waals surface area contributed by atoms with Gasteiger partial charge in [-0.1, -0.05) is 15.9 Å². The molecule has 1 aliphatic heterocycles. The summed E-state index contributed by atoms with van der Waals surface area (Å²) in [6, 6.07) is 4.61. The Morgan fingerprint density at radius 2 is 2.29 bits per heavy atom. The van der Waals surface area contributed by atoms with Gasteiger partial charge in [0, 0.05) is 16.3 Å². The molecule has 3 atom stereocenters. The largest absolute Gasteiger partial charge is 0.496 e. The number of methoxy groups -OCH3 is 1. The number of benzene rings is 1. The molecule has 0 N–H and O–H groups in total. The maximum atomic E-state index is 13.3. The van der Waals surface area contributed by atoms with Gasteiger partial charge < -0.3 is 9.47 Å². The van der Waals surface area contributed by atoms with E-state index in [1.165, 1.54) is 12.1 Å². The second-order valence-electron chi connectivity index (χ2n) is 4.43. The normalized spacial score (nSPS) is 25.9. The summed E-state index contributed by atoms with van der Waals surface area (Å²) in [5.41, 5.74) is 0.857. The van der Waals surface area contributed by atoms with E-state index in [9.17, 15) is 4.39 Å². The van der Waals surface area contributed by atoms with Crippen molar-refractivity contribution < 1.29 is 13.9 Å². The third-order valence-corrected chi connectivity index (χ3v) is 4.37. The van der Waals surface area contributed by atoms with Crippen LogP contribution >= 0.6 is 15.9 Å². The quantitative estimate of drug-likeness (QED) is 0.793. The Kier molecular flexibility index (Phi) is 4.05. The second-order valence-corrected chi connectivity index (χ2v) is 5.41. The smallest absolute Gasteiger partial charge is 0.123 e. The molecule has 1 aromatic rings. The number of ether oxygens (including phenoxy) is 2. The van der Waals surface area contributed by atoms with Gasteiger partial charge in [0.2, 0.25) is 0 Å². The predicted molar refractivity (Wildman–Crippen MR) is 68.1 cm³/mol. The van der Waals surface area contributed by atoms with Gasteiger partial charge >= 0.3 is 0 Å². The van der Waals surface area contributed by atoms with Gasteiger partial charge in [0.05, 0.1) is 19.8 Å². The van der Waals surface area contributed by atoms with E-state index in [1.54, 1.807) is 13.2 Å². The summed E-state index contributed by atoms with van der Waals surface area (Å²) in [7, 11) is 1.60. The first-order valence-electron chi connectivity index (χ1n) is 5.71. The lowest BCUT2D eigenvalue weighted by molar-refractivity contribution is 0.120. The Labute approximate surface area is 109 Å². The third-order valence-electron chi connectivity index (χ3n) is 3.13. The fraction of sp³-hybridized carbons (Fsp3) is 0.538. The van der Waals surface area contributed by atoms with Crippen LogP contribution in [0.1, 0.15) is 23.7 Å². The molecule has 0 aromatic heterocycles. The molecular weight excluding hydrogens is 287 g/mol. The highest BCUT2D eigenvalue weighted by Gasteiger charge is 2.30. The van der Waals surface area contributed by atoms with Gasteiger partial charge in [0.1, 0.15) is 11.6 Å². The van der Waals surface area contributed by atoms with Crippen LogP contribution in [-0.2, 0) is 4.74 Å². The van der Waals surface area contributed by atoms with Crippen molar-refractivity contribution in [3.05, 3.63) is 29.6 Å². The van der Waals surface area contributed by atoms with Gasteiger partial charge in [-0.15, -0.1) is 0 Å². The minimum Gasteiger partial charge on any atom is -0.496 e. The summed E-state index contributed by atoms with van der Waals surface area (Å²) < 4.78 is 24.1. The highest BCUT2D eigenvalue weighted by molar-refractivity contribution is 9.09. The van der Waals surface area contributed by atoms with Crippen LogP contribution in [0, 0.1) is 11.7 Å². The van der Waals surface area contributed by atoms with Gasteiger partial charge in [-0.25, -0.2) is 4.39 Å². The molecule has 3 unspecified atom stereocenters. The maximum absolute atomic E-state index is 13.3. The number of halogens is 2. The van der Waals surface area contributed by atoms with Crippen molar-refractivity contribution in [1.29, 1.82) is 0 Å². The highest BCUT2D eigenvalue weighted by atomic mass is 79.9. The zero-order valence-electron chi connectivity index (χ0n) is 9.95. The first-order valence-corrected chi connectivity index (χ1v) is 6.62. The number of hydrogen-bond acceptors (Lipinski definition) is 2. The SMILES string of the molecule is COc1ccc(F)cc1C(Br)C1COC(C)C1. The first kappa shape index (κ1) is 12.8. The van der Waals surface area contributed by atoms with Crippen LogP contribution in [0.2, 0.25) is 0 Å². The average Bonchev–Trinajstić information content (AvgIpc) is 2.75. The Hall–Kier alpha value is -0.610. The molecule has 1 saturated heterocycles. The lowest BCUT2D eigenvalue weighted by Gasteiger charge is -2.19. The van der Waals surface area contributed by atoms with Crippen LogP contribution in [0.5, 0.6) is 5.75 Å². The fourth-order valence-corrected chi connectivity index (χ4v) is 2.96. The van der Waals surface area contributed by atoms with Crippen LogP contribution in [0.3, 0.4) is 0 Å². The topological polar surface area (TPSA) is 18.5 Å². The van der Waals surface area contributed by atoms with Crippen LogP contribution < -0.4 is 4.74 Å². The van der Waals surface area contributed by atoms with E-state index in [-0.39, 0.29) is 16.7 Å². The van der Waals surface area contributed by atoms with Crippen molar-refractivity contribution in [3.8, 4) is 5.75 Å². The van der Waals surface area contributed by atoms with Crippen LogP contribution in [0.25, 0.3) is 0 Å². The molecule has 1 heterocycles. The standard InChI is InChI=1S/C13H16BrFO2/c1-8-5-9(7-17-8)13(14)11-6-10(15)3-4-12(11)16-2/h3-4,6,8-9,13H,5,7H2,1-2H3. The Balaban J connectivity index is 2.23. The highest BCUT2D eigenvalue weighted by Crippen LogP contribution is 2.41. The zero-order chi connectivity index (χ0) is 12.4. The Bertz CT molecular complexity index is 397. The molecule has 1 aliphatic rings. The van der Waals surface area contributed by atoms with Crippen molar-refractivity contribution >= 4 is 15.9 Å². The number of rotatable bonds is 3. The molecule has 2 rings (SSSR count). The molecule has 0 bridgehead atoms. The van der Waals surface area contributed by atoms with Crippen molar-refractivity contribution in [1.82, 2.24) is 0 Å². The molecule has 2 nitrogen and oxygen atoms in total. The summed E-state index contributed by atoms with van der Waals surface area (Å²) >= 11 is 3.64. The molecule has 0 amide bonds. The Morgan fingerprint density at radius 1 is 1.53 bits per heavy atom. The van der Waals surface area contributed by atoms with E-state index in [1.807, 2.05) is 0 Å². The van der Waals surface area contributed by atoms with Crippen molar-refractivity contribution in [2.45, 2.75) is 24.3 Å². The van der Waals surface area contributed by atoms with Gasteiger partial charge in [-0.05, 0) is 31.5 Å². The molecule has 94 valence electrons. The summed E-state index contributed by atoms with van der Waals surface area (Å²) in [6.07, 6.45) is 1.26. The Morgan fingerprint density at radius 3 is 2.88 bits per heavy atom. The minimum atomic E-state index is -0.239. The lowest BCUT2D eigenvalue weighted by atomic mass is 9.96. The summed E-state index contributed by atoms with van der Waals surface area (Å²) in [4.78, 5) is 0.0677. The molecule has 0 aliphatic carbocycles. The molecule has 0 radical (unpaired) electrons. The first-order chi connectivity index (χ1) is 8.11. The van der Waals surface area contributed by atoms with Crippen LogP contribution in [0.4, 0.5) is 4.39 Å². The van der Waals surface area contributed by atoms with Gasteiger partial charge in [0.15, 0.2) is 0 Å². The van der Waals surface area contributed by atoms with Gasteiger partial charge in [0.25, 0.3) is 0 Å². The molecule has 0 saturated carbocycles. The molecular formula is C13H16BrFO2. The van der Waals surface area contributed by atoms with Crippen molar-refractivity contribution in [3.63, 3.8) is 0 Å². The van der Waals surface area contributed by atoms with E-state index in [0.717, 1.165) is 12.0 Å². The van der Waals surface area contributed by atoms with Crippen molar-refractivity contribution in [2.24, 2.45) is 5.92 Å². The van der Waals surface area contributed by atoms with Gasteiger partial charge in [-0.2, -0.15) is 0 Å². The van der Waals surface area contributed by atoms with E-state index in [2.05, 4.69) is 22.9 Å². The number of hydrogen-bond donors (Lipinski definition) is 0. The molecule has 1 aromatic carbocycles. The van der Waals surface area contributed by atoms with E-state index >= 15 is 0 Å². The van der Waals surface area contributed by atoms with Gasteiger partial charge in [-0.3, -0.25) is 0 Å². The van der Waals surface area contributed by atoms with Crippen LogP contribution in [-0.4, -0.2) is 19.8 Å². The van der Waals surface area contributed by atoms with E-state index < -0.39 is 0 Å². The summed E-state index contributed by atoms with van der Waals surface area (Å²) in [6.45, 7) is 2.76. The third kappa shape index (κ3) is 2.80. The number of alkyl halides is 1. The summed E-state index contributed by atoms with van der Waals surface area (Å²) in [5, 5.41) is 0. The minimum absolute atomic E-state index is 0.0677. The summed E-state index contributed by atoms with van der Waals surface area (Å²) in [5.74, 6) is 0.839. The lowest BCUT2D eigenvalue weighted by Crippen LogP contribution is -2.09. The second kappa shape index (κ2) is 5.36. The molecule has 17 heavy (non-hydrogen) atoms. The molecule has 1 fully saturated rings. The molecule has 0 spiro atoms. The van der Waals surface area contributed by atoms with E-state index in [0.29, 0.717) is 18.3 Å². The van der Waals surface area contributed by atoms with Crippen molar-refractivity contribution in [2.75, 3.05) is 13.7 Å². The maximum Gasteiger partial charge on any atom is 0.123 e. The zero-order valence-corrected chi connectivity index (χ0v) is 11.5. The fourth-order valence-electron chi connectivity index (χ4n) is 2.23.